The topological polar surface area (TPSA) is 159 Å². The van der Waals surface area contributed by atoms with E-state index in [1.54, 1.807) is 12.1 Å². The molecule has 0 saturated carbocycles. The number of fused-ring (bicyclic) bond motifs is 1. The highest BCUT2D eigenvalue weighted by Crippen LogP contribution is 2.32. The van der Waals surface area contributed by atoms with Crippen molar-refractivity contribution in [3.05, 3.63) is 52.9 Å². The largest absolute Gasteiger partial charge is 0.507 e. The number of benzene rings is 2. The zero-order valence-electron chi connectivity index (χ0n) is 16.9. The quantitative estimate of drug-likeness (QED) is 0.370. The molecule has 0 unspecified atom stereocenters. The minimum absolute atomic E-state index is 0.140. The van der Waals surface area contributed by atoms with E-state index in [0.717, 1.165) is 0 Å². The van der Waals surface area contributed by atoms with Crippen LogP contribution in [0.2, 0.25) is 0 Å². The van der Waals surface area contributed by atoms with Gasteiger partial charge in [-0.15, -0.1) is 0 Å². The van der Waals surface area contributed by atoms with E-state index in [2.05, 4.69) is 0 Å². The van der Waals surface area contributed by atoms with E-state index in [4.69, 9.17) is 18.6 Å². The lowest BCUT2D eigenvalue weighted by Crippen LogP contribution is -2.60. The molecule has 2 heterocycles. The first kappa shape index (κ1) is 22.1. The van der Waals surface area contributed by atoms with Crippen LogP contribution in [-0.4, -0.2) is 70.0 Å². The van der Waals surface area contributed by atoms with Crippen LogP contribution in [0.4, 0.5) is 0 Å². The summed E-state index contributed by atoms with van der Waals surface area (Å²) in [6.07, 6.45) is -5.93. The summed E-state index contributed by atoms with van der Waals surface area (Å²) in [4.78, 5) is 13.0. The van der Waals surface area contributed by atoms with Crippen molar-refractivity contribution in [2.24, 2.45) is 0 Å². The Morgan fingerprint density at radius 3 is 2.41 bits per heavy atom. The number of aliphatic hydroxyl groups is 4. The third kappa shape index (κ3) is 3.90. The van der Waals surface area contributed by atoms with Gasteiger partial charge in [0.05, 0.1) is 24.7 Å². The van der Waals surface area contributed by atoms with Crippen LogP contribution < -0.4 is 14.9 Å². The first-order valence-electron chi connectivity index (χ1n) is 9.74. The van der Waals surface area contributed by atoms with Crippen LogP contribution in [0.3, 0.4) is 0 Å². The number of ether oxygens (including phenoxy) is 3. The summed E-state index contributed by atoms with van der Waals surface area (Å²) in [5.41, 5.74) is 0.225. The van der Waals surface area contributed by atoms with Crippen LogP contribution in [0, 0.1) is 0 Å². The molecule has 0 radical (unpaired) electrons. The molecule has 10 nitrogen and oxygen atoms in total. The highest BCUT2D eigenvalue weighted by Gasteiger charge is 2.44. The van der Waals surface area contributed by atoms with Gasteiger partial charge in [0.25, 0.3) is 0 Å². The lowest BCUT2D eigenvalue weighted by molar-refractivity contribution is -0.277. The van der Waals surface area contributed by atoms with Crippen LogP contribution in [0.1, 0.15) is 0 Å². The summed E-state index contributed by atoms with van der Waals surface area (Å²) in [5, 5.41) is 49.6. The highest BCUT2D eigenvalue weighted by atomic mass is 16.7. The maximum Gasteiger partial charge on any atom is 0.229 e. The van der Waals surface area contributed by atoms with Gasteiger partial charge in [-0.05, 0) is 24.3 Å². The van der Waals surface area contributed by atoms with Crippen molar-refractivity contribution in [3.63, 3.8) is 0 Å². The molecule has 1 fully saturated rings. The lowest BCUT2D eigenvalue weighted by Gasteiger charge is -2.39. The zero-order valence-corrected chi connectivity index (χ0v) is 16.9. The molecule has 5 atom stereocenters. The Balaban J connectivity index is 1.63. The predicted octanol–water partition coefficient (Wildman–Crippen LogP) is 0.353. The molecule has 0 spiro atoms. The smallest absolute Gasteiger partial charge is 0.229 e. The van der Waals surface area contributed by atoms with Crippen molar-refractivity contribution >= 4 is 11.0 Å². The molecule has 10 heteroatoms. The maximum absolute atomic E-state index is 13.0. The Hall–Kier alpha value is -3.15. The molecule has 5 N–H and O–H groups in total. The molecular weight excluding hydrogens is 424 g/mol. The van der Waals surface area contributed by atoms with E-state index < -0.39 is 37.3 Å². The Labute approximate surface area is 181 Å². The van der Waals surface area contributed by atoms with E-state index in [1.807, 2.05) is 0 Å². The summed E-state index contributed by atoms with van der Waals surface area (Å²) >= 11 is 0. The van der Waals surface area contributed by atoms with Gasteiger partial charge in [-0.25, -0.2) is 0 Å². The number of aromatic hydroxyl groups is 1. The number of phenolic OH excluding ortho intramolecular Hbond substituents is 1. The Morgan fingerprint density at radius 1 is 0.969 bits per heavy atom. The maximum atomic E-state index is 13.0. The average Bonchev–Trinajstić information content (AvgIpc) is 2.80. The van der Waals surface area contributed by atoms with Crippen molar-refractivity contribution in [3.8, 4) is 28.4 Å². The summed E-state index contributed by atoms with van der Waals surface area (Å²) in [6, 6.07) is 8.83. The van der Waals surface area contributed by atoms with Gasteiger partial charge >= 0.3 is 0 Å². The van der Waals surface area contributed by atoms with Crippen LogP contribution in [0.5, 0.6) is 17.2 Å². The van der Waals surface area contributed by atoms with E-state index in [-0.39, 0.29) is 39.0 Å². The molecule has 2 aromatic carbocycles. The Bertz CT molecular complexity index is 1170. The monoisotopic (exact) mass is 446 g/mol. The standard InChI is InChI=1S/C22H22O10/c1-29-10-2-4-12(15(24)6-10)14-9-30-16-7-11(3-5-13(16)18(14)25)31-22-21(28)20(27)19(26)17(8-23)32-22/h2-7,9,17,19-24,26-28H,8H2,1H3/t17-,19-,20+,21-,22-/m1/s1. The number of aliphatic hydroxyl groups excluding tert-OH is 4. The molecule has 32 heavy (non-hydrogen) atoms. The van der Waals surface area contributed by atoms with Gasteiger partial charge in [-0.2, -0.15) is 0 Å². The van der Waals surface area contributed by atoms with E-state index in [1.165, 1.54) is 37.6 Å². The fraction of sp³-hybridized carbons (Fsp3) is 0.318. The van der Waals surface area contributed by atoms with E-state index in [0.29, 0.717) is 5.75 Å². The SMILES string of the molecule is COc1ccc(-c2coc3cc(O[C@@H]4O[C@H](CO)[C@@H](O)[C@H](O)[C@H]4O)ccc3c2=O)c(O)c1. The first-order valence-corrected chi connectivity index (χ1v) is 9.74. The highest BCUT2D eigenvalue weighted by molar-refractivity contribution is 5.84. The molecular formula is C22H22O10. The van der Waals surface area contributed by atoms with Crippen molar-refractivity contribution in [2.75, 3.05) is 13.7 Å². The number of phenols is 1. The van der Waals surface area contributed by atoms with Gasteiger partial charge in [0.15, 0.2) is 0 Å². The fourth-order valence-corrected chi connectivity index (χ4v) is 3.53. The van der Waals surface area contributed by atoms with Crippen molar-refractivity contribution < 1.29 is 44.2 Å². The second-order valence-electron chi connectivity index (χ2n) is 7.33. The van der Waals surface area contributed by atoms with Gasteiger partial charge in [0.1, 0.15) is 53.5 Å². The molecule has 3 aromatic rings. The number of hydrogen-bond acceptors (Lipinski definition) is 10. The summed E-state index contributed by atoms with van der Waals surface area (Å²) in [7, 11) is 1.46. The molecule has 1 aliphatic rings. The number of hydrogen-bond donors (Lipinski definition) is 5. The van der Waals surface area contributed by atoms with Gasteiger partial charge in [0.2, 0.25) is 11.7 Å². The molecule has 0 amide bonds. The minimum Gasteiger partial charge on any atom is -0.507 e. The molecule has 1 aliphatic heterocycles. The molecule has 1 aromatic heterocycles. The minimum atomic E-state index is -1.58. The zero-order chi connectivity index (χ0) is 23.0. The molecule has 0 aliphatic carbocycles. The third-order valence-corrected chi connectivity index (χ3v) is 5.34. The van der Waals surface area contributed by atoms with Crippen molar-refractivity contribution in [2.45, 2.75) is 30.7 Å². The van der Waals surface area contributed by atoms with Crippen LogP contribution >= 0.6 is 0 Å². The van der Waals surface area contributed by atoms with E-state index in [9.17, 15) is 30.3 Å². The number of rotatable bonds is 5. The van der Waals surface area contributed by atoms with Gasteiger partial charge in [-0.3, -0.25) is 4.79 Å². The Morgan fingerprint density at radius 2 is 1.72 bits per heavy atom. The summed E-state index contributed by atoms with van der Waals surface area (Å²) in [6.45, 7) is -0.585. The normalized spacial score (nSPS) is 25.6. The molecule has 4 rings (SSSR count). The first-order chi connectivity index (χ1) is 15.3. The Kier molecular flexibility index (Phi) is 6.04. The van der Waals surface area contributed by atoms with Gasteiger partial charge < -0.3 is 44.2 Å². The molecule has 170 valence electrons. The predicted molar refractivity (Wildman–Crippen MR) is 111 cm³/mol. The van der Waals surface area contributed by atoms with Crippen LogP contribution in [0.25, 0.3) is 22.1 Å². The average molecular weight is 446 g/mol. The van der Waals surface area contributed by atoms with Crippen LogP contribution in [-0.2, 0) is 4.74 Å². The second kappa shape index (κ2) is 8.77. The van der Waals surface area contributed by atoms with Crippen molar-refractivity contribution in [1.29, 1.82) is 0 Å². The summed E-state index contributed by atoms with van der Waals surface area (Å²) < 4.78 is 21.5. The molecule has 0 bridgehead atoms. The lowest BCUT2D eigenvalue weighted by atomic mass is 9.99. The number of methoxy groups -OCH3 is 1. The van der Waals surface area contributed by atoms with Gasteiger partial charge in [-0.1, -0.05) is 0 Å². The third-order valence-electron chi connectivity index (χ3n) is 5.34. The van der Waals surface area contributed by atoms with Crippen molar-refractivity contribution in [1.82, 2.24) is 0 Å². The summed E-state index contributed by atoms with van der Waals surface area (Å²) in [5.74, 6) is 0.454. The van der Waals surface area contributed by atoms with Crippen LogP contribution in [0.15, 0.2) is 51.9 Å². The van der Waals surface area contributed by atoms with E-state index >= 15 is 0 Å². The van der Waals surface area contributed by atoms with Gasteiger partial charge in [0, 0.05) is 17.7 Å². The molecule has 1 saturated heterocycles. The fourth-order valence-electron chi connectivity index (χ4n) is 3.53. The second-order valence-corrected chi connectivity index (χ2v) is 7.33.